The summed E-state index contributed by atoms with van der Waals surface area (Å²) in [5.41, 5.74) is 4.75. The SMILES string of the molecule is C=C1C=CC(c2cc(=O)n3cc(N4CCNC(C)(C)C4)ccc3n2)=NN1/C=C(/C)C(C)CC. The Labute approximate surface area is 195 Å². The second-order valence-corrected chi connectivity index (χ2v) is 9.66. The van der Waals surface area contributed by atoms with Crippen molar-refractivity contribution in [3.63, 3.8) is 0 Å². The molecule has 0 amide bonds. The number of aromatic nitrogens is 2. The summed E-state index contributed by atoms with van der Waals surface area (Å²) >= 11 is 0. The molecular formula is C26H34N6O. The van der Waals surface area contributed by atoms with E-state index >= 15 is 0 Å². The Bertz CT molecular complexity index is 1220. The lowest BCUT2D eigenvalue weighted by Gasteiger charge is -2.40. The van der Waals surface area contributed by atoms with Crippen molar-refractivity contribution in [1.82, 2.24) is 19.7 Å². The van der Waals surface area contributed by atoms with E-state index in [1.165, 1.54) is 5.57 Å². The molecule has 174 valence electrons. The highest BCUT2D eigenvalue weighted by Gasteiger charge is 2.26. The first-order valence-electron chi connectivity index (χ1n) is 11.6. The number of nitrogens with one attached hydrogen (secondary N) is 1. The third-order valence-electron chi connectivity index (χ3n) is 6.50. The lowest BCUT2D eigenvalue weighted by atomic mass is 10.0. The molecule has 4 rings (SSSR count). The summed E-state index contributed by atoms with van der Waals surface area (Å²) in [5, 5.41) is 10.0. The topological polar surface area (TPSA) is 65.2 Å². The quantitative estimate of drug-likeness (QED) is 0.754. The molecule has 33 heavy (non-hydrogen) atoms. The van der Waals surface area contributed by atoms with Gasteiger partial charge < -0.3 is 10.2 Å². The standard InChI is InChI=1S/C26H34N6O/c1-7-18(2)19(3)15-32-20(4)8-10-22(29-32)23-14-25(33)31-16-21(9-11-24(31)28-23)30-13-12-27-26(5,6)17-30/h8-11,14-16,18,27H,4,7,12-13,17H2,1-3,5-6H3/b19-15-. The van der Waals surface area contributed by atoms with Crippen molar-refractivity contribution in [3.05, 3.63) is 76.6 Å². The van der Waals surface area contributed by atoms with Crippen LogP contribution < -0.4 is 15.8 Å². The molecule has 2 aromatic rings. The van der Waals surface area contributed by atoms with Gasteiger partial charge in [0.15, 0.2) is 0 Å². The Balaban J connectivity index is 1.66. The van der Waals surface area contributed by atoms with Crippen LogP contribution in [0.25, 0.3) is 5.65 Å². The van der Waals surface area contributed by atoms with Gasteiger partial charge in [-0.3, -0.25) is 9.20 Å². The molecule has 4 heterocycles. The molecule has 2 aliphatic rings. The van der Waals surface area contributed by atoms with Crippen LogP contribution in [0.5, 0.6) is 0 Å². The highest BCUT2D eigenvalue weighted by atomic mass is 16.1. The second kappa shape index (κ2) is 8.98. The fourth-order valence-corrected chi connectivity index (χ4v) is 4.13. The minimum absolute atomic E-state index is 0.0311. The lowest BCUT2D eigenvalue weighted by molar-refractivity contribution is 0.353. The largest absolute Gasteiger partial charge is 0.367 e. The van der Waals surface area contributed by atoms with Crippen molar-refractivity contribution in [2.75, 3.05) is 24.5 Å². The van der Waals surface area contributed by atoms with Crippen LogP contribution in [0.15, 0.2) is 70.5 Å². The first-order valence-corrected chi connectivity index (χ1v) is 11.6. The van der Waals surface area contributed by atoms with Crippen molar-refractivity contribution in [2.24, 2.45) is 11.0 Å². The van der Waals surface area contributed by atoms with Crippen LogP contribution >= 0.6 is 0 Å². The fraction of sp³-hybridized carbons (Fsp3) is 0.423. The molecule has 2 aliphatic heterocycles. The van der Waals surface area contributed by atoms with E-state index in [0.29, 0.717) is 23.0 Å². The van der Waals surface area contributed by atoms with E-state index in [9.17, 15) is 4.79 Å². The van der Waals surface area contributed by atoms with Crippen LogP contribution in [-0.4, -0.2) is 45.3 Å². The molecule has 0 saturated carbocycles. The molecule has 0 aromatic carbocycles. The van der Waals surface area contributed by atoms with Gasteiger partial charge in [0, 0.05) is 43.6 Å². The highest BCUT2D eigenvalue weighted by molar-refractivity contribution is 6.08. The molecule has 1 fully saturated rings. The van der Waals surface area contributed by atoms with Crippen molar-refractivity contribution >= 4 is 17.0 Å². The van der Waals surface area contributed by atoms with Crippen LogP contribution in [0.1, 0.15) is 46.7 Å². The normalized spacial score (nSPS) is 19.7. The van der Waals surface area contributed by atoms with Gasteiger partial charge in [0.1, 0.15) is 11.4 Å². The average Bonchev–Trinajstić information content (AvgIpc) is 2.79. The number of hydrogen-bond acceptors (Lipinski definition) is 6. The Kier molecular flexibility index (Phi) is 6.26. The van der Waals surface area contributed by atoms with E-state index in [0.717, 1.165) is 37.4 Å². The molecular weight excluding hydrogens is 412 g/mol. The van der Waals surface area contributed by atoms with E-state index in [1.54, 1.807) is 15.5 Å². The van der Waals surface area contributed by atoms with Gasteiger partial charge >= 0.3 is 0 Å². The van der Waals surface area contributed by atoms with Gasteiger partial charge in [0.2, 0.25) is 0 Å². The van der Waals surface area contributed by atoms with E-state index in [4.69, 9.17) is 10.1 Å². The second-order valence-electron chi connectivity index (χ2n) is 9.66. The summed E-state index contributed by atoms with van der Waals surface area (Å²) in [6, 6.07) is 5.50. The first kappa shape index (κ1) is 23.0. The van der Waals surface area contributed by atoms with Crippen LogP contribution in [-0.2, 0) is 0 Å². The van der Waals surface area contributed by atoms with Gasteiger partial charge in [-0.05, 0) is 57.4 Å². The minimum atomic E-state index is -0.121. The Hall–Kier alpha value is -3.19. The monoisotopic (exact) mass is 446 g/mol. The van der Waals surface area contributed by atoms with E-state index in [2.05, 4.69) is 51.4 Å². The number of pyridine rings is 1. The third-order valence-corrected chi connectivity index (χ3v) is 6.50. The zero-order valence-electron chi connectivity index (χ0n) is 20.3. The maximum absolute atomic E-state index is 13.0. The highest BCUT2D eigenvalue weighted by Crippen LogP contribution is 2.22. The number of nitrogens with zero attached hydrogens (tertiary/aromatic N) is 5. The van der Waals surface area contributed by atoms with Crippen molar-refractivity contribution < 1.29 is 0 Å². The summed E-state index contributed by atoms with van der Waals surface area (Å²) in [4.78, 5) is 20.1. The number of fused-ring (bicyclic) bond motifs is 1. The number of anilines is 1. The maximum atomic E-state index is 13.0. The van der Waals surface area contributed by atoms with E-state index in [-0.39, 0.29) is 11.1 Å². The van der Waals surface area contributed by atoms with Crippen molar-refractivity contribution in [2.45, 2.75) is 46.6 Å². The van der Waals surface area contributed by atoms with Crippen molar-refractivity contribution in [3.8, 4) is 0 Å². The predicted molar refractivity (Wildman–Crippen MR) is 136 cm³/mol. The Morgan fingerprint density at radius 2 is 2.12 bits per heavy atom. The molecule has 1 atom stereocenters. The Morgan fingerprint density at radius 1 is 1.33 bits per heavy atom. The Morgan fingerprint density at radius 3 is 2.85 bits per heavy atom. The van der Waals surface area contributed by atoms with Crippen LogP contribution in [0.3, 0.4) is 0 Å². The summed E-state index contributed by atoms with van der Waals surface area (Å²) < 4.78 is 1.62. The summed E-state index contributed by atoms with van der Waals surface area (Å²) in [6.45, 7) is 17.6. The van der Waals surface area contributed by atoms with E-state index < -0.39 is 0 Å². The minimum Gasteiger partial charge on any atom is -0.367 e. The molecule has 2 aromatic heterocycles. The van der Waals surface area contributed by atoms with Crippen molar-refractivity contribution in [1.29, 1.82) is 0 Å². The zero-order chi connectivity index (χ0) is 23.8. The maximum Gasteiger partial charge on any atom is 0.258 e. The van der Waals surface area contributed by atoms with Gasteiger partial charge in [-0.25, -0.2) is 9.99 Å². The van der Waals surface area contributed by atoms with Gasteiger partial charge in [0.25, 0.3) is 5.56 Å². The lowest BCUT2D eigenvalue weighted by Crippen LogP contribution is -2.57. The van der Waals surface area contributed by atoms with Crippen LogP contribution in [0, 0.1) is 5.92 Å². The average molecular weight is 447 g/mol. The molecule has 7 heteroatoms. The van der Waals surface area contributed by atoms with Gasteiger partial charge in [0.05, 0.1) is 17.1 Å². The molecule has 0 spiro atoms. The summed E-state index contributed by atoms with van der Waals surface area (Å²) in [7, 11) is 0. The van der Waals surface area contributed by atoms with Gasteiger partial charge in [-0.15, -0.1) is 0 Å². The summed E-state index contributed by atoms with van der Waals surface area (Å²) in [5.74, 6) is 0.459. The fourth-order valence-electron chi connectivity index (χ4n) is 4.13. The molecule has 0 aliphatic carbocycles. The third kappa shape index (κ3) is 4.93. The molecule has 0 radical (unpaired) electrons. The smallest absolute Gasteiger partial charge is 0.258 e. The van der Waals surface area contributed by atoms with Gasteiger partial charge in [-0.1, -0.05) is 26.0 Å². The zero-order valence-corrected chi connectivity index (χ0v) is 20.3. The van der Waals surface area contributed by atoms with Crippen LogP contribution in [0.4, 0.5) is 5.69 Å². The number of hydrogen-bond donors (Lipinski definition) is 1. The van der Waals surface area contributed by atoms with Gasteiger partial charge in [-0.2, -0.15) is 5.10 Å². The number of allylic oxidation sites excluding steroid dienone is 3. The molecule has 7 nitrogen and oxygen atoms in total. The molecule has 0 bridgehead atoms. The predicted octanol–water partition coefficient (Wildman–Crippen LogP) is 3.92. The number of piperazine rings is 1. The molecule has 1 N–H and O–H groups in total. The van der Waals surface area contributed by atoms with Crippen LogP contribution in [0.2, 0.25) is 0 Å². The molecule has 1 saturated heterocycles. The summed E-state index contributed by atoms with van der Waals surface area (Å²) in [6.07, 6.45) is 8.73. The van der Waals surface area contributed by atoms with E-state index in [1.807, 2.05) is 36.7 Å². The number of rotatable bonds is 5. The molecule has 1 unspecified atom stereocenters. The number of hydrazone groups is 1. The first-order chi connectivity index (χ1) is 15.7.